The number of nitrogens with one attached hydrogen (secondary N) is 1. The van der Waals surface area contributed by atoms with Gasteiger partial charge in [0.2, 0.25) is 0 Å². The Morgan fingerprint density at radius 2 is 2.37 bits per heavy atom. The first-order valence-electron chi connectivity index (χ1n) is 6.30. The number of rotatable bonds is 5. The second kappa shape index (κ2) is 7.10. The quantitative estimate of drug-likeness (QED) is 0.860. The molecule has 1 aliphatic heterocycles. The van der Waals surface area contributed by atoms with Crippen LogP contribution in [0.5, 0.6) is 5.75 Å². The standard InChI is InChI=1S/C14H18N2O3/c1-17-14-3-2-11(6-12(14)7-15)8-16-9-13-10-18-4-5-19-13/h2-3,6,13,16H,4-5,8-10H2,1H3. The Labute approximate surface area is 113 Å². The highest BCUT2D eigenvalue weighted by Gasteiger charge is 2.13. The van der Waals surface area contributed by atoms with E-state index in [4.69, 9.17) is 19.5 Å². The molecule has 5 nitrogen and oxygen atoms in total. The van der Waals surface area contributed by atoms with E-state index < -0.39 is 0 Å². The van der Waals surface area contributed by atoms with E-state index >= 15 is 0 Å². The lowest BCUT2D eigenvalue weighted by Crippen LogP contribution is -2.37. The van der Waals surface area contributed by atoms with Gasteiger partial charge in [0, 0.05) is 13.1 Å². The molecule has 1 aromatic rings. The van der Waals surface area contributed by atoms with Crippen LogP contribution in [0.1, 0.15) is 11.1 Å². The summed E-state index contributed by atoms with van der Waals surface area (Å²) in [6.45, 7) is 3.42. The van der Waals surface area contributed by atoms with Crippen molar-refractivity contribution in [2.75, 3.05) is 33.5 Å². The fraction of sp³-hybridized carbons (Fsp3) is 0.500. The molecule has 1 aromatic carbocycles. The van der Waals surface area contributed by atoms with Gasteiger partial charge in [0.1, 0.15) is 11.8 Å². The van der Waals surface area contributed by atoms with Gasteiger partial charge in [0.25, 0.3) is 0 Å². The molecule has 1 fully saturated rings. The second-order valence-electron chi connectivity index (χ2n) is 4.35. The molecular weight excluding hydrogens is 244 g/mol. The smallest absolute Gasteiger partial charge is 0.136 e. The van der Waals surface area contributed by atoms with Crippen LogP contribution in [0.3, 0.4) is 0 Å². The first-order chi connectivity index (χ1) is 9.33. The van der Waals surface area contributed by atoms with Crippen molar-refractivity contribution in [2.45, 2.75) is 12.6 Å². The highest BCUT2D eigenvalue weighted by atomic mass is 16.6. The Balaban J connectivity index is 1.84. The summed E-state index contributed by atoms with van der Waals surface area (Å²) in [4.78, 5) is 0. The number of nitriles is 1. The Bertz CT molecular complexity index is 450. The lowest BCUT2D eigenvalue weighted by Gasteiger charge is -2.23. The summed E-state index contributed by atoms with van der Waals surface area (Å²) in [7, 11) is 1.56. The molecule has 0 aliphatic carbocycles. The van der Waals surface area contributed by atoms with Crippen LogP contribution < -0.4 is 10.1 Å². The van der Waals surface area contributed by atoms with E-state index in [2.05, 4.69) is 11.4 Å². The van der Waals surface area contributed by atoms with E-state index in [9.17, 15) is 0 Å². The van der Waals surface area contributed by atoms with Gasteiger partial charge in [0.15, 0.2) is 0 Å². The number of benzene rings is 1. The van der Waals surface area contributed by atoms with Gasteiger partial charge >= 0.3 is 0 Å². The van der Waals surface area contributed by atoms with E-state index in [1.165, 1.54) is 0 Å². The van der Waals surface area contributed by atoms with Gasteiger partial charge in [-0.25, -0.2) is 0 Å². The van der Waals surface area contributed by atoms with Crippen molar-refractivity contribution in [3.63, 3.8) is 0 Å². The first kappa shape index (κ1) is 13.8. The molecule has 1 saturated heterocycles. The van der Waals surface area contributed by atoms with Crippen molar-refractivity contribution in [2.24, 2.45) is 0 Å². The molecule has 5 heteroatoms. The molecule has 0 radical (unpaired) electrons. The average Bonchev–Trinajstić information content (AvgIpc) is 2.48. The van der Waals surface area contributed by atoms with Crippen molar-refractivity contribution in [3.8, 4) is 11.8 Å². The van der Waals surface area contributed by atoms with Gasteiger partial charge in [-0.3, -0.25) is 0 Å². The van der Waals surface area contributed by atoms with E-state index in [0.717, 1.165) is 12.1 Å². The molecule has 1 atom stereocenters. The largest absolute Gasteiger partial charge is 0.495 e. The van der Waals surface area contributed by atoms with Gasteiger partial charge < -0.3 is 19.5 Å². The molecule has 0 amide bonds. The summed E-state index contributed by atoms with van der Waals surface area (Å²) in [5.74, 6) is 0.607. The first-order valence-corrected chi connectivity index (χ1v) is 6.30. The molecule has 1 aliphatic rings. The van der Waals surface area contributed by atoms with Crippen LogP contribution in [-0.2, 0) is 16.0 Å². The van der Waals surface area contributed by atoms with Gasteiger partial charge in [-0.1, -0.05) is 6.07 Å². The van der Waals surface area contributed by atoms with Crippen LogP contribution in [0.4, 0.5) is 0 Å². The number of hydrogen-bond acceptors (Lipinski definition) is 5. The predicted molar refractivity (Wildman–Crippen MR) is 70.0 cm³/mol. The van der Waals surface area contributed by atoms with Crippen LogP contribution in [0.2, 0.25) is 0 Å². The van der Waals surface area contributed by atoms with Crippen LogP contribution in [-0.4, -0.2) is 39.6 Å². The van der Waals surface area contributed by atoms with Crippen LogP contribution >= 0.6 is 0 Å². The van der Waals surface area contributed by atoms with Crippen molar-refractivity contribution < 1.29 is 14.2 Å². The summed E-state index contributed by atoms with van der Waals surface area (Å²) in [6.07, 6.45) is 0.113. The summed E-state index contributed by atoms with van der Waals surface area (Å²) in [5.41, 5.74) is 1.60. The maximum atomic E-state index is 9.02. The number of ether oxygens (including phenoxy) is 3. The zero-order valence-electron chi connectivity index (χ0n) is 11.0. The van der Waals surface area contributed by atoms with Gasteiger partial charge in [-0.15, -0.1) is 0 Å². The topological polar surface area (TPSA) is 63.5 Å². The molecule has 0 aromatic heterocycles. The molecule has 102 valence electrons. The zero-order valence-corrected chi connectivity index (χ0v) is 11.0. The fourth-order valence-corrected chi connectivity index (χ4v) is 1.98. The summed E-state index contributed by atoms with van der Waals surface area (Å²) in [6, 6.07) is 7.73. The Kier molecular flexibility index (Phi) is 5.16. The zero-order chi connectivity index (χ0) is 13.5. The lowest BCUT2D eigenvalue weighted by molar-refractivity contribution is -0.0864. The summed E-state index contributed by atoms with van der Waals surface area (Å²) in [5, 5.41) is 12.3. The minimum Gasteiger partial charge on any atom is -0.495 e. The van der Waals surface area contributed by atoms with E-state index in [1.807, 2.05) is 18.2 Å². The Hall–Kier alpha value is -1.61. The van der Waals surface area contributed by atoms with Crippen LogP contribution in [0.15, 0.2) is 18.2 Å². The molecule has 2 rings (SSSR count). The van der Waals surface area contributed by atoms with Crippen molar-refractivity contribution in [3.05, 3.63) is 29.3 Å². The predicted octanol–water partition coefficient (Wildman–Crippen LogP) is 1.07. The summed E-state index contributed by atoms with van der Waals surface area (Å²) < 4.78 is 16.0. The molecule has 1 heterocycles. The molecule has 1 unspecified atom stereocenters. The van der Waals surface area contributed by atoms with Gasteiger partial charge in [-0.2, -0.15) is 5.26 Å². The monoisotopic (exact) mass is 262 g/mol. The number of hydrogen-bond donors (Lipinski definition) is 1. The van der Waals surface area contributed by atoms with Gasteiger partial charge in [0.05, 0.1) is 38.6 Å². The normalized spacial score (nSPS) is 18.8. The van der Waals surface area contributed by atoms with Crippen molar-refractivity contribution in [1.82, 2.24) is 5.32 Å². The highest BCUT2D eigenvalue weighted by Crippen LogP contribution is 2.18. The molecule has 0 bridgehead atoms. The minimum absolute atomic E-state index is 0.113. The Morgan fingerprint density at radius 1 is 1.47 bits per heavy atom. The molecular formula is C14H18N2O3. The number of methoxy groups -OCH3 is 1. The van der Waals surface area contributed by atoms with Crippen molar-refractivity contribution in [1.29, 1.82) is 5.26 Å². The van der Waals surface area contributed by atoms with E-state index in [-0.39, 0.29) is 6.10 Å². The molecule has 0 spiro atoms. The highest BCUT2D eigenvalue weighted by molar-refractivity contribution is 5.45. The average molecular weight is 262 g/mol. The fourth-order valence-electron chi connectivity index (χ4n) is 1.98. The third kappa shape index (κ3) is 3.93. The molecule has 19 heavy (non-hydrogen) atoms. The molecule has 1 N–H and O–H groups in total. The van der Waals surface area contributed by atoms with E-state index in [1.54, 1.807) is 7.11 Å². The van der Waals surface area contributed by atoms with Gasteiger partial charge in [-0.05, 0) is 17.7 Å². The molecule has 0 saturated carbocycles. The lowest BCUT2D eigenvalue weighted by atomic mass is 10.1. The third-order valence-corrected chi connectivity index (χ3v) is 2.97. The van der Waals surface area contributed by atoms with Crippen LogP contribution in [0.25, 0.3) is 0 Å². The SMILES string of the molecule is COc1ccc(CNCC2COCCO2)cc1C#N. The van der Waals surface area contributed by atoms with Crippen molar-refractivity contribution >= 4 is 0 Å². The maximum absolute atomic E-state index is 9.02. The number of nitrogens with zero attached hydrogens (tertiary/aromatic N) is 1. The maximum Gasteiger partial charge on any atom is 0.136 e. The van der Waals surface area contributed by atoms with E-state index in [0.29, 0.717) is 37.7 Å². The minimum atomic E-state index is 0.113. The second-order valence-corrected chi connectivity index (χ2v) is 4.35. The Morgan fingerprint density at radius 3 is 3.05 bits per heavy atom. The third-order valence-electron chi connectivity index (χ3n) is 2.97. The summed E-state index contributed by atoms with van der Waals surface area (Å²) >= 11 is 0. The van der Waals surface area contributed by atoms with Crippen LogP contribution in [0, 0.1) is 11.3 Å².